The molecule has 0 aliphatic carbocycles. The number of aromatic nitrogens is 2. The van der Waals surface area contributed by atoms with E-state index < -0.39 is 0 Å². The molecule has 2 heterocycles. The van der Waals surface area contributed by atoms with Crippen LogP contribution in [0.5, 0.6) is 17.2 Å². The number of ether oxygens (including phenoxy) is 3. The van der Waals surface area contributed by atoms with Gasteiger partial charge in [-0.3, -0.25) is 4.79 Å². The maximum atomic E-state index is 13.0. The normalized spacial score (nSPS) is 15.2. The second-order valence-electron chi connectivity index (χ2n) is 8.85. The minimum Gasteiger partial charge on any atom is -0.493 e. The molecule has 10 heteroatoms. The Bertz CT molecular complexity index is 1230. The number of anilines is 3. The number of hydrogen-bond acceptors (Lipinski definition) is 8. The zero-order valence-corrected chi connectivity index (χ0v) is 22.3. The van der Waals surface area contributed by atoms with Crippen LogP contribution < -0.4 is 29.7 Å². The van der Waals surface area contributed by atoms with Crippen molar-refractivity contribution in [3.8, 4) is 17.2 Å². The molecule has 37 heavy (non-hydrogen) atoms. The number of hydrogen-bond donors (Lipinski definition) is 2. The van der Waals surface area contributed by atoms with Crippen LogP contribution in [0.2, 0.25) is 5.02 Å². The molecule has 0 bridgehead atoms. The Labute approximate surface area is 222 Å². The highest BCUT2D eigenvalue weighted by Gasteiger charge is 2.27. The third kappa shape index (κ3) is 6.35. The molecule has 2 aromatic carbocycles. The van der Waals surface area contributed by atoms with Gasteiger partial charge >= 0.3 is 0 Å². The first-order chi connectivity index (χ1) is 17.9. The fourth-order valence-corrected chi connectivity index (χ4v) is 4.62. The predicted molar refractivity (Wildman–Crippen MR) is 144 cm³/mol. The van der Waals surface area contributed by atoms with Crippen LogP contribution >= 0.6 is 11.6 Å². The van der Waals surface area contributed by atoms with Gasteiger partial charge in [0.05, 0.1) is 27.2 Å². The lowest BCUT2D eigenvalue weighted by Crippen LogP contribution is -2.43. The molecular formula is C27H32ClN5O4. The smallest absolute Gasteiger partial charge is 0.229 e. The van der Waals surface area contributed by atoms with Gasteiger partial charge in [-0.05, 0) is 49.1 Å². The standard InChI is InChI=1S/C27H32ClN5O4/c1-17-7-8-20(28)12-19(17)15-30-26(34)18-6-5-11-33(16-18)24-9-10-29-27(32-24)31-21-13-22(35-2)25(37-4)23(14-21)36-3/h7-10,12-14,18H,5-6,11,15-16H2,1-4H3,(H,30,34)(H,29,31,32)/t18-/m0/s1. The van der Waals surface area contributed by atoms with Crippen molar-refractivity contribution in [1.82, 2.24) is 15.3 Å². The van der Waals surface area contributed by atoms with Crippen LogP contribution in [-0.2, 0) is 11.3 Å². The van der Waals surface area contributed by atoms with E-state index >= 15 is 0 Å². The first-order valence-electron chi connectivity index (χ1n) is 12.1. The Balaban J connectivity index is 1.43. The van der Waals surface area contributed by atoms with Crippen LogP contribution in [-0.4, -0.2) is 50.3 Å². The van der Waals surface area contributed by atoms with Gasteiger partial charge < -0.3 is 29.7 Å². The monoisotopic (exact) mass is 525 g/mol. The minimum atomic E-state index is -0.130. The van der Waals surface area contributed by atoms with Crippen molar-refractivity contribution < 1.29 is 19.0 Å². The summed E-state index contributed by atoms with van der Waals surface area (Å²) < 4.78 is 16.3. The van der Waals surface area contributed by atoms with Crippen LogP contribution in [0.15, 0.2) is 42.6 Å². The van der Waals surface area contributed by atoms with Crippen LogP contribution in [0, 0.1) is 12.8 Å². The Hall–Kier alpha value is -3.72. The molecule has 1 aliphatic rings. The molecule has 1 atom stereocenters. The first kappa shape index (κ1) is 26.3. The summed E-state index contributed by atoms with van der Waals surface area (Å²) in [6.07, 6.45) is 3.43. The van der Waals surface area contributed by atoms with Crippen LogP contribution in [0.1, 0.15) is 24.0 Å². The Morgan fingerprint density at radius 1 is 1.11 bits per heavy atom. The Morgan fingerprint density at radius 3 is 2.57 bits per heavy atom. The van der Waals surface area contributed by atoms with Gasteiger partial charge in [-0.15, -0.1) is 0 Å². The van der Waals surface area contributed by atoms with Crippen LogP contribution in [0.25, 0.3) is 0 Å². The van der Waals surface area contributed by atoms with Gasteiger partial charge in [0.1, 0.15) is 5.82 Å². The number of piperidine rings is 1. The largest absolute Gasteiger partial charge is 0.493 e. The average molecular weight is 526 g/mol. The molecular weight excluding hydrogens is 494 g/mol. The average Bonchev–Trinajstić information content (AvgIpc) is 2.93. The van der Waals surface area contributed by atoms with Gasteiger partial charge in [0.15, 0.2) is 11.5 Å². The molecule has 0 radical (unpaired) electrons. The summed E-state index contributed by atoms with van der Waals surface area (Å²) in [7, 11) is 4.69. The summed E-state index contributed by atoms with van der Waals surface area (Å²) in [6, 6.07) is 11.2. The van der Waals surface area contributed by atoms with Crippen molar-refractivity contribution in [3.05, 3.63) is 58.7 Å². The molecule has 1 fully saturated rings. The van der Waals surface area contributed by atoms with E-state index in [-0.39, 0.29) is 11.8 Å². The molecule has 4 rings (SSSR count). The van der Waals surface area contributed by atoms with E-state index in [2.05, 4.69) is 20.5 Å². The lowest BCUT2D eigenvalue weighted by Gasteiger charge is -2.33. The van der Waals surface area contributed by atoms with Crippen molar-refractivity contribution in [2.24, 2.45) is 5.92 Å². The molecule has 2 N–H and O–H groups in total. The van der Waals surface area contributed by atoms with Crippen molar-refractivity contribution in [2.75, 3.05) is 44.6 Å². The number of methoxy groups -OCH3 is 3. The molecule has 0 unspecified atom stereocenters. The van der Waals surface area contributed by atoms with Gasteiger partial charge in [-0.1, -0.05) is 17.7 Å². The number of benzene rings is 2. The zero-order valence-electron chi connectivity index (χ0n) is 21.5. The molecule has 196 valence electrons. The van der Waals surface area contributed by atoms with Crippen LogP contribution in [0.4, 0.5) is 17.5 Å². The fourth-order valence-electron chi connectivity index (χ4n) is 4.42. The molecule has 9 nitrogen and oxygen atoms in total. The first-order valence-corrected chi connectivity index (χ1v) is 12.5. The van der Waals surface area contributed by atoms with Gasteiger partial charge in [0, 0.05) is 48.7 Å². The highest BCUT2D eigenvalue weighted by atomic mass is 35.5. The molecule has 1 amide bonds. The highest BCUT2D eigenvalue weighted by molar-refractivity contribution is 6.30. The van der Waals surface area contributed by atoms with Gasteiger partial charge in [-0.2, -0.15) is 4.98 Å². The summed E-state index contributed by atoms with van der Waals surface area (Å²) in [4.78, 5) is 24.2. The van der Waals surface area contributed by atoms with E-state index in [1.165, 1.54) is 0 Å². The second kappa shape index (κ2) is 12.0. The summed E-state index contributed by atoms with van der Waals surface area (Å²) >= 11 is 6.12. The molecule has 3 aromatic rings. The zero-order chi connectivity index (χ0) is 26.4. The molecule has 1 aromatic heterocycles. The number of aryl methyl sites for hydroxylation is 1. The Morgan fingerprint density at radius 2 is 1.86 bits per heavy atom. The molecule has 1 aliphatic heterocycles. The number of halogens is 1. The van der Waals surface area contributed by atoms with Gasteiger partial charge in [-0.25, -0.2) is 4.98 Å². The van der Waals surface area contributed by atoms with Crippen molar-refractivity contribution >= 4 is 35.0 Å². The molecule has 1 saturated heterocycles. The number of nitrogens with one attached hydrogen (secondary N) is 2. The lowest BCUT2D eigenvalue weighted by atomic mass is 9.97. The van der Waals surface area contributed by atoms with Crippen molar-refractivity contribution in [2.45, 2.75) is 26.3 Å². The summed E-state index contributed by atoms with van der Waals surface area (Å²) in [5, 5.41) is 6.96. The Kier molecular flexibility index (Phi) is 8.55. The highest BCUT2D eigenvalue weighted by Crippen LogP contribution is 2.40. The maximum Gasteiger partial charge on any atom is 0.229 e. The number of rotatable bonds is 9. The SMILES string of the molecule is COc1cc(Nc2nccc(N3CCC[C@H](C(=O)NCc4cc(Cl)ccc4C)C3)n2)cc(OC)c1OC. The van der Waals surface area contributed by atoms with Gasteiger partial charge in [0.25, 0.3) is 0 Å². The minimum absolute atomic E-state index is 0.0360. The maximum absolute atomic E-state index is 13.0. The van der Waals surface area contributed by atoms with E-state index in [9.17, 15) is 4.79 Å². The molecule has 0 saturated carbocycles. The lowest BCUT2D eigenvalue weighted by molar-refractivity contribution is -0.125. The van der Waals surface area contributed by atoms with E-state index in [0.29, 0.717) is 47.0 Å². The summed E-state index contributed by atoms with van der Waals surface area (Å²) in [5.74, 6) is 2.65. The van der Waals surface area contributed by atoms with Crippen molar-refractivity contribution in [1.29, 1.82) is 0 Å². The quantitative estimate of drug-likeness (QED) is 0.413. The third-order valence-corrected chi connectivity index (χ3v) is 6.68. The van der Waals surface area contributed by atoms with Crippen LogP contribution in [0.3, 0.4) is 0 Å². The number of nitrogens with zero attached hydrogens (tertiary/aromatic N) is 3. The number of carbonyl (C=O) groups is 1. The summed E-state index contributed by atoms with van der Waals surface area (Å²) in [5.41, 5.74) is 2.81. The van der Waals surface area contributed by atoms with Crippen molar-refractivity contribution in [3.63, 3.8) is 0 Å². The van der Waals surface area contributed by atoms with E-state index in [1.54, 1.807) is 39.7 Å². The third-order valence-electron chi connectivity index (χ3n) is 6.44. The number of amides is 1. The van der Waals surface area contributed by atoms with E-state index in [4.69, 9.17) is 30.8 Å². The second-order valence-corrected chi connectivity index (χ2v) is 9.29. The fraction of sp³-hybridized carbons (Fsp3) is 0.370. The van der Waals surface area contributed by atoms with E-state index in [1.807, 2.05) is 31.2 Å². The topological polar surface area (TPSA) is 97.8 Å². The van der Waals surface area contributed by atoms with Gasteiger partial charge in [0.2, 0.25) is 17.6 Å². The summed E-state index contributed by atoms with van der Waals surface area (Å²) in [6.45, 7) is 3.87. The predicted octanol–water partition coefficient (Wildman–Crippen LogP) is 4.74. The van der Waals surface area contributed by atoms with E-state index in [0.717, 1.165) is 36.3 Å². The molecule has 0 spiro atoms. The number of carbonyl (C=O) groups excluding carboxylic acids is 1.